The first-order valence-electron chi connectivity index (χ1n) is 12.0. The van der Waals surface area contributed by atoms with Crippen LogP contribution in [0.4, 0.5) is 5.69 Å². The highest BCUT2D eigenvalue weighted by Gasteiger charge is 2.28. The molecule has 0 saturated heterocycles. The zero-order valence-electron chi connectivity index (χ0n) is 20.3. The van der Waals surface area contributed by atoms with Gasteiger partial charge in [0, 0.05) is 30.6 Å². The summed E-state index contributed by atoms with van der Waals surface area (Å²) in [5, 5.41) is 3.52. The van der Waals surface area contributed by atoms with Gasteiger partial charge in [-0.2, -0.15) is 0 Å². The van der Waals surface area contributed by atoms with Crippen LogP contribution in [0.2, 0.25) is 5.02 Å². The van der Waals surface area contributed by atoms with Crippen molar-refractivity contribution in [1.82, 2.24) is 10.2 Å². The third kappa shape index (κ3) is 7.97. The fourth-order valence-corrected chi connectivity index (χ4v) is 5.53. The Morgan fingerprint density at radius 2 is 1.77 bits per heavy atom. The topological polar surface area (TPSA) is 86.8 Å². The number of hydrogen-bond donors (Lipinski definition) is 1. The van der Waals surface area contributed by atoms with E-state index in [1.54, 1.807) is 36.1 Å². The standard InChI is InChI=1S/C26H34ClN3O4S/c1-20(26(32)28-23-13-6-7-14-23)29(19-21-10-4-3-5-11-21)25(31)16-9-17-30(35(2,33)34)24-15-8-12-22(27)18-24/h3-5,8,10-12,15,18,20,23H,6-7,9,13-14,16-17,19H2,1-2H3,(H,28,32). The maximum absolute atomic E-state index is 13.3. The Hall–Kier alpha value is -2.58. The van der Waals surface area contributed by atoms with Crippen molar-refractivity contribution in [3.63, 3.8) is 0 Å². The van der Waals surface area contributed by atoms with Gasteiger partial charge in [-0.15, -0.1) is 0 Å². The lowest BCUT2D eigenvalue weighted by molar-refractivity contribution is -0.141. The number of sulfonamides is 1. The minimum Gasteiger partial charge on any atom is -0.352 e. The molecule has 1 saturated carbocycles. The first kappa shape index (κ1) is 27.0. The number of carbonyl (C=O) groups excluding carboxylic acids is 2. The molecule has 1 aliphatic carbocycles. The van der Waals surface area contributed by atoms with Crippen LogP contribution >= 0.6 is 11.6 Å². The van der Waals surface area contributed by atoms with Crippen molar-refractivity contribution < 1.29 is 18.0 Å². The number of nitrogens with zero attached hydrogens (tertiary/aromatic N) is 2. The molecule has 190 valence electrons. The molecule has 0 radical (unpaired) electrons. The van der Waals surface area contributed by atoms with Crippen LogP contribution in [0.15, 0.2) is 54.6 Å². The average Bonchev–Trinajstić information content (AvgIpc) is 3.32. The van der Waals surface area contributed by atoms with E-state index >= 15 is 0 Å². The maximum Gasteiger partial charge on any atom is 0.242 e. The smallest absolute Gasteiger partial charge is 0.242 e. The Balaban J connectivity index is 1.69. The SMILES string of the molecule is CC(C(=O)NC1CCCC1)N(Cc1ccccc1)C(=O)CCCN(c1cccc(Cl)c1)S(C)(=O)=O. The van der Waals surface area contributed by atoms with E-state index < -0.39 is 16.1 Å². The molecule has 7 nitrogen and oxygen atoms in total. The van der Waals surface area contributed by atoms with E-state index in [1.165, 1.54) is 4.31 Å². The first-order valence-corrected chi connectivity index (χ1v) is 14.2. The van der Waals surface area contributed by atoms with Crippen LogP contribution in [-0.4, -0.2) is 50.0 Å². The number of benzene rings is 2. The summed E-state index contributed by atoms with van der Waals surface area (Å²) >= 11 is 6.05. The van der Waals surface area contributed by atoms with E-state index in [0.717, 1.165) is 37.5 Å². The van der Waals surface area contributed by atoms with Crippen LogP contribution in [0.5, 0.6) is 0 Å². The molecular weight excluding hydrogens is 486 g/mol. The van der Waals surface area contributed by atoms with Crippen LogP contribution in [0.25, 0.3) is 0 Å². The third-order valence-corrected chi connectivity index (χ3v) is 7.74. The van der Waals surface area contributed by atoms with Gasteiger partial charge in [-0.05, 0) is 49.9 Å². The van der Waals surface area contributed by atoms with E-state index in [2.05, 4.69) is 5.32 Å². The number of nitrogens with one attached hydrogen (secondary N) is 1. The lowest BCUT2D eigenvalue weighted by atomic mass is 10.1. The summed E-state index contributed by atoms with van der Waals surface area (Å²) in [6.07, 6.45) is 5.70. The molecule has 1 fully saturated rings. The number of halogens is 1. The second-order valence-electron chi connectivity index (χ2n) is 9.09. The number of hydrogen-bond acceptors (Lipinski definition) is 4. The largest absolute Gasteiger partial charge is 0.352 e. The molecule has 1 unspecified atom stereocenters. The van der Waals surface area contributed by atoms with Gasteiger partial charge in [-0.1, -0.05) is 60.8 Å². The summed E-state index contributed by atoms with van der Waals surface area (Å²) < 4.78 is 26.0. The molecule has 0 heterocycles. The highest BCUT2D eigenvalue weighted by atomic mass is 35.5. The molecule has 0 bridgehead atoms. The average molecular weight is 520 g/mol. The van der Waals surface area contributed by atoms with E-state index in [9.17, 15) is 18.0 Å². The molecule has 3 rings (SSSR count). The molecule has 1 atom stereocenters. The highest BCUT2D eigenvalue weighted by molar-refractivity contribution is 7.92. The van der Waals surface area contributed by atoms with Crippen molar-refractivity contribution >= 4 is 39.1 Å². The molecule has 35 heavy (non-hydrogen) atoms. The van der Waals surface area contributed by atoms with Crippen LogP contribution < -0.4 is 9.62 Å². The van der Waals surface area contributed by atoms with E-state index in [4.69, 9.17) is 11.6 Å². The minimum atomic E-state index is -3.56. The Morgan fingerprint density at radius 3 is 2.40 bits per heavy atom. The quantitative estimate of drug-likeness (QED) is 0.478. The molecule has 1 aliphatic rings. The zero-order valence-corrected chi connectivity index (χ0v) is 21.9. The maximum atomic E-state index is 13.3. The summed E-state index contributed by atoms with van der Waals surface area (Å²) in [6.45, 7) is 2.19. The second kappa shape index (κ2) is 12.4. The van der Waals surface area contributed by atoms with Crippen LogP contribution in [0.1, 0.15) is 51.0 Å². The Morgan fingerprint density at radius 1 is 1.09 bits per heavy atom. The highest BCUT2D eigenvalue weighted by Crippen LogP contribution is 2.23. The van der Waals surface area contributed by atoms with Gasteiger partial charge in [0.05, 0.1) is 11.9 Å². The normalized spacial score (nSPS) is 14.9. The fourth-order valence-electron chi connectivity index (χ4n) is 4.39. The number of amides is 2. The predicted molar refractivity (Wildman–Crippen MR) is 140 cm³/mol. The molecular formula is C26H34ClN3O4S. The molecule has 2 amide bonds. The van der Waals surface area contributed by atoms with Gasteiger partial charge in [0.15, 0.2) is 0 Å². The predicted octanol–water partition coefficient (Wildman–Crippen LogP) is 4.36. The van der Waals surface area contributed by atoms with Crippen molar-refractivity contribution in [2.45, 2.75) is 64.1 Å². The first-order chi connectivity index (χ1) is 16.6. The van der Waals surface area contributed by atoms with Crippen molar-refractivity contribution in [3.05, 3.63) is 65.2 Å². The summed E-state index contributed by atoms with van der Waals surface area (Å²) in [5.41, 5.74) is 1.39. The van der Waals surface area contributed by atoms with Gasteiger partial charge in [0.1, 0.15) is 6.04 Å². The summed E-state index contributed by atoms with van der Waals surface area (Å²) in [4.78, 5) is 27.9. The molecule has 0 aromatic heterocycles. The van der Waals surface area contributed by atoms with Crippen LogP contribution in [0.3, 0.4) is 0 Å². The summed E-state index contributed by atoms with van der Waals surface area (Å²) in [5.74, 6) is -0.347. The second-order valence-corrected chi connectivity index (χ2v) is 11.4. The van der Waals surface area contributed by atoms with Crippen LogP contribution in [-0.2, 0) is 26.2 Å². The van der Waals surface area contributed by atoms with Gasteiger partial charge in [0.2, 0.25) is 21.8 Å². The lowest BCUT2D eigenvalue weighted by Gasteiger charge is -2.30. The van der Waals surface area contributed by atoms with Crippen molar-refractivity contribution in [2.24, 2.45) is 0 Å². The van der Waals surface area contributed by atoms with E-state index in [-0.39, 0.29) is 30.8 Å². The summed E-state index contributed by atoms with van der Waals surface area (Å²) in [7, 11) is -3.56. The molecule has 2 aromatic rings. The lowest BCUT2D eigenvalue weighted by Crippen LogP contribution is -2.49. The van der Waals surface area contributed by atoms with Crippen molar-refractivity contribution in [3.8, 4) is 0 Å². The van der Waals surface area contributed by atoms with Gasteiger partial charge in [-0.3, -0.25) is 13.9 Å². The number of carbonyl (C=O) groups is 2. The summed E-state index contributed by atoms with van der Waals surface area (Å²) in [6, 6.07) is 15.7. The number of anilines is 1. The Kier molecular flexibility index (Phi) is 9.57. The van der Waals surface area contributed by atoms with Gasteiger partial charge >= 0.3 is 0 Å². The molecule has 2 aromatic carbocycles. The molecule has 1 N–H and O–H groups in total. The van der Waals surface area contributed by atoms with Gasteiger partial charge < -0.3 is 10.2 Å². The van der Waals surface area contributed by atoms with Gasteiger partial charge in [0.25, 0.3) is 0 Å². The monoisotopic (exact) mass is 519 g/mol. The Bertz CT molecular complexity index is 1100. The van der Waals surface area contributed by atoms with Crippen LogP contribution in [0, 0.1) is 0 Å². The van der Waals surface area contributed by atoms with Crippen molar-refractivity contribution in [1.29, 1.82) is 0 Å². The molecule has 0 spiro atoms. The molecule has 0 aliphatic heterocycles. The van der Waals surface area contributed by atoms with E-state index in [1.807, 2.05) is 30.3 Å². The minimum absolute atomic E-state index is 0.112. The zero-order chi connectivity index (χ0) is 25.4. The number of rotatable bonds is 11. The fraction of sp³-hybridized carbons (Fsp3) is 0.462. The van der Waals surface area contributed by atoms with E-state index in [0.29, 0.717) is 23.7 Å². The van der Waals surface area contributed by atoms with Gasteiger partial charge in [-0.25, -0.2) is 8.42 Å². The van der Waals surface area contributed by atoms with Crippen molar-refractivity contribution in [2.75, 3.05) is 17.1 Å². The molecule has 9 heteroatoms. The Labute approximate surface area is 213 Å². The third-order valence-electron chi connectivity index (χ3n) is 6.31.